The first-order valence-corrected chi connectivity index (χ1v) is 12.0. The summed E-state index contributed by atoms with van der Waals surface area (Å²) in [5.41, 5.74) is 17.2. The second-order valence-corrected chi connectivity index (χ2v) is 9.10. The third-order valence-electron chi connectivity index (χ3n) is 5.56. The van der Waals surface area contributed by atoms with E-state index in [1.54, 1.807) is 44.2 Å². The second-order valence-electron chi connectivity index (χ2n) is 9.10. The maximum absolute atomic E-state index is 13.1. The minimum absolute atomic E-state index is 0.00104. The molecule has 0 spiro atoms. The average Bonchev–Trinajstić information content (AvgIpc) is 2.83. The molecule has 0 aliphatic rings. The number of aliphatic carboxylic acids is 1. The number of amides is 3. The van der Waals surface area contributed by atoms with E-state index < -0.39 is 54.0 Å². The molecule has 0 heterocycles. The topological polar surface area (TPSA) is 235 Å². The van der Waals surface area contributed by atoms with Crippen molar-refractivity contribution in [2.45, 2.75) is 70.3 Å². The molecular formula is C24H39N7O6. The van der Waals surface area contributed by atoms with E-state index in [9.17, 15) is 29.4 Å². The van der Waals surface area contributed by atoms with Gasteiger partial charge in [0, 0.05) is 13.0 Å². The van der Waals surface area contributed by atoms with E-state index in [0.29, 0.717) is 12.0 Å². The summed E-state index contributed by atoms with van der Waals surface area (Å²) in [6, 6.07) is 3.91. The van der Waals surface area contributed by atoms with Crippen molar-refractivity contribution in [3.63, 3.8) is 0 Å². The van der Waals surface area contributed by atoms with Crippen LogP contribution in [0.5, 0.6) is 0 Å². The monoisotopic (exact) mass is 521 g/mol. The van der Waals surface area contributed by atoms with E-state index in [1.165, 1.54) is 6.92 Å². The maximum Gasteiger partial charge on any atom is 0.326 e. The fourth-order valence-electron chi connectivity index (χ4n) is 3.31. The molecule has 1 rings (SSSR count). The molecule has 5 atom stereocenters. The van der Waals surface area contributed by atoms with Gasteiger partial charge in [-0.15, -0.1) is 0 Å². The van der Waals surface area contributed by atoms with E-state index in [1.807, 2.05) is 0 Å². The van der Waals surface area contributed by atoms with Crippen LogP contribution in [0.1, 0.15) is 39.2 Å². The summed E-state index contributed by atoms with van der Waals surface area (Å²) in [7, 11) is 0. The first-order chi connectivity index (χ1) is 17.3. The minimum Gasteiger partial charge on any atom is -0.480 e. The van der Waals surface area contributed by atoms with E-state index >= 15 is 0 Å². The molecular weight excluding hydrogens is 482 g/mol. The van der Waals surface area contributed by atoms with E-state index in [4.69, 9.17) is 17.2 Å². The van der Waals surface area contributed by atoms with Crippen LogP contribution in [0.25, 0.3) is 0 Å². The summed E-state index contributed by atoms with van der Waals surface area (Å²) in [5.74, 6) is -3.81. The highest BCUT2D eigenvalue weighted by Gasteiger charge is 2.33. The van der Waals surface area contributed by atoms with Crippen LogP contribution < -0.4 is 33.2 Å². The molecule has 0 aliphatic heterocycles. The van der Waals surface area contributed by atoms with Crippen LogP contribution in [0.2, 0.25) is 0 Å². The Kier molecular flexibility index (Phi) is 13.0. The third-order valence-corrected chi connectivity index (χ3v) is 5.56. The lowest BCUT2D eigenvalue weighted by molar-refractivity contribution is -0.143. The van der Waals surface area contributed by atoms with Crippen LogP contribution in [-0.2, 0) is 25.6 Å². The van der Waals surface area contributed by atoms with Gasteiger partial charge in [-0.1, -0.05) is 44.2 Å². The van der Waals surface area contributed by atoms with Crippen molar-refractivity contribution >= 4 is 29.7 Å². The zero-order valence-corrected chi connectivity index (χ0v) is 21.4. The van der Waals surface area contributed by atoms with Crippen molar-refractivity contribution in [2.24, 2.45) is 28.1 Å². The van der Waals surface area contributed by atoms with Gasteiger partial charge in [-0.25, -0.2) is 4.79 Å². The molecule has 0 aromatic heterocycles. The van der Waals surface area contributed by atoms with Gasteiger partial charge in [0.05, 0.1) is 12.1 Å². The lowest BCUT2D eigenvalue weighted by atomic mass is 10.0. The normalized spacial score (nSPS) is 15.0. The van der Waals surface area contributed by atoms with Crippen LogP contribution in [0.15, 0.2) is 35.3 Å². The number of aliphatic hydroxyl groups is 1. The Bertz CT molecular complexity index is 935. The molecule has 37 heavy (non-hydrogen) atoms. The highest BCUT2D eigenvalue weighted by atomic mass is 16.4. The number of carbonyl (C=O) groups excluding carboxylic acids is 3. The third kappa shape index (κ3) is 11.3. The molecule has 0 saturated carbocycles. The Labute approximate surface area is 216 Å². The quantitative estimate of drug-likeness (QED) is 0.0736. The highest BCUT2D eigenvalue weighted by Crippen LogP contribution is 2.07. The molecule has 3 amide bonds. The Morgan fingerprint density at radius 2 is 1.51 bits per heavy atom. The predicted octanol–water partition coefficient (Wildman–Crippen LogP) is -1.81. The number of carboxylic acid groups (broad SMARTS) is 1. The average molecular weight is 522 g/mol. The SMILES string of the molecule is CC(C)C(N)C(=O)NC(CCCN=C(N)N)C(=O)NC(C(=O)NC(Cc1ccccc1)C(=O)O)C(C)O. The van der Waals surface area contributed by atoms with Crippen molar-refractivity contribution in [3.8, 4) is 0 Å². The van der Waals surface area contributed by atoms with Gasteiger partial charge in [-0.05, 0) is 31.2 Å². The molecule has 206 valence electrons. The summed E-state index contributed by atoms with van der Waals surface area (Å²) in [6.07, 6.45) is -0.944. The van der Waals surface area contributed by atoms with Crippen molar-refractivity contribution in [1.82, 2.24) is 16.0 Å². The number of carbonyl (C=O) groups is 4. The summed E-state index contributed by atoms with van der Waals surface area (Å²) in [6.45, 7) is 4.97. The number of aliphatic hydroxyl groups excluding tert-OH is 1. The van der Waals surface area contributed by atoms with Crippen LogP contribution in [0.4, 0.5) is 0 Å². The zero-order chi connectivity index (χ0) is 28.1. The Morgan fingerprint density at radius 1 is 0.919 bits per heavy atom. The van der Waals surface area contributed by atoms with Gasteiger partial charge >= 0.3 is 5.97 Å². The second kappa shape index (κ2) is 15.4. The summed E-state index contributed by atoms with van der Waals surface area (Å²) in [4.78, 5) is 54.1. The molecule has 11 N–H and O–H groups in total. The fraction of sp³-hybridized carbons (Fsp3) is 0.542. The number of aliphatic imine (C=N–C) groups is 1. The van der Waals surface area contributed by atoms with Gasteiger partial charge in [0.25, 0.3) is 0 Å². The van der Waals surface area contributed by atoms with Gasteiger partial charge in [0.2, 0.25) is 17.7 Å². The number of nitrogens with two attached hydrogens (primary N) is 3. The van der Waals surface area contributed by atoms with Crippen LogP contribution in [0, 0.1) is 5.92 Å². The molecule has 0 fully saturated rings. The molecule has 5 unspecified atom stereocenters. The molecule has 0 radical (unpaired) electrons. The van der Waals surface area contributed by atoms with E-state index in [-0.39, 0.29) is 31.3 Å². The first kappa shape index (κ1) is 31.3. The van der Waals surface area contributed by atoms with E-state index in [0.717, 1.165) is 0 Å². The Hall–Kier alpha value is -3.71. The van der Waals surface area contributed by atoms with Gasteiger partial charge in [0.1, 0.15) is 18.1 Å². The number of carboxylic acids is 1. The zero-order valence-electron chi connectivity index (χ0n) is 21.4. The Morgan fingerprint density at radius 3 is 2.03 bits per heavy atom. The maximum atomic E-state index is 13.1. The summed E-state index contributed by atoms with van der Waals surface area (Å²) >= 11 is 0. The van der Waals surface area contributed by atoms with Crippen molar-refractivity contribution < 1.29 is 29.4 Å². The van der Waals surface area contributed by atoms with Gasteiger partial charge in [0.15, 0.2) is 5.96 Å². The summed E-state index contributed by atoms with van der Waals surface area (Å²) in [5, 5.41) is 27.1. The number of nitrogens with zero attached hydrogens (tertiary/aromatic N) is 1. The molecule has 0 bridgehead atoms. The molecule has 0 saturated heterocycles. The van der Waals surface area contributed by atoms with E-state index in [2.05, 4.69) is 20.9 Å². The van der Waals surface area contributed by atoms with Crippen molar-refractivity contribution in [2.75, 3.05) is 6.54 Å². The van der Waals surface area contributed by atoms with Crippen molar-refractivity contribution in [3.05, 3.63) is 35.9 Å². The predicted molar refractivity (Wildman–Crippen MR) is 138 cm³/mol. The Balaban J connectivity index is 2.99. The van der Waals surface area contributed by atoms with Crippen molar-refractivity contribution in [1.29, 1.82) is 0 Å². The summed E-state index contributed by atoms with van der Waals surface area (Å²) < 4.78 is 0. The number of guanidine groups is 1. The number of benzene rings is 1. The fourth-order valence-corrected chi connectivity index (χ4v) is 3.31. The lowest BCUT2D eigenvalue weighted by Gasteiger charge is -2.27. The first-order valence-electron chi connectivity index (χ1n) is 12.0. The number of hydrogen-bond donors (Lipinski definition) is 8. The van der Waals surface area contributed by atoms with Gasteiger partial charge in [-0.2, -0.15) is 0 Å². The largest absolute Gasteiger partial charge is 0.480 e. The van der Waals surface area contributed by atoms with Crippen LogP contribution >= 0.6 is 0 Å². The van der Waals surface area contributed by atoms with Gasteiger partial charge < -0.3 is 43.4 Å². The minimum atomic E-state index is -1.49. The number of nitrogens with one attached hydrogen (secondary N) is 3. The molecule has 13 heteroatoms. The van der Waals surface area contributed by atoms with Crippen LogP contribution in [-0.4, -0.2) is 76.7 Å². The number of hydrogen-bond acceptors (Lipinski definition) is 7. The number of rotatable bonds is 15. The lowest BCUT2D eigenvalue weighted by Crippen LogP contribution is -2.60. The standard InChI is InChI=1S/C24H39N7O6/c1-13(2)18(25)21(34)29-16(10-7-11-28-24(26)27)20(33)31-19(14(3)32)22(35)30-17(23(36)37)12-15-8-5-4-6-9-15/h4-6,8-9,13-14,16-19,32H,7,10-12,25H2,1-3H3,(H,29,34)(H,30,35)(H,31,33)(H,36,37)(H4,26,27,28). The molecule has 1 aromatic rings. The smallest absolute Gasteiger partial charge is 0.326 e. The molecule has 1 aromatic carbocycles. The molecule has 13 nitrogen and oxygen atoms in total. The van der Waals surface area contributed by atoms with Crippen LogP contribution in [0.3, 0.4) is 0 Å². The highest BCUT2D eigenvalue weighted by molar-refractivity contribution is 5.94. The molecule has 0 aliphatic carbocycles. The van der Waals surface area contributed by atoms with Gasteiger partial charge in [-0.3, -0.25) is 19.4 Å².